The van der Waals surface area contributed by atoms with Gasteiger partial charge in [-0.15, -0.1) is 0 Å². The molecule has 1 aliphatic rings. The molecule has 2 N–H and O–H groups in total. The molecule has 0 unspecified atom stereocenters. The second-order valence-electron chi connectivity index (χ2n) is 5.89. The van der Waals surface area contributed by atoms with Gasteiger partial charge in [-0.3, -0.25) is 9.59 Å². The van der Waals surface area contributed by atoms with Gasteiger partial charge in [0.25, 0.3) is 0 Å². The summed E-state index contributed by atoms with van der Waals surface area (Å²) in [7, 11) is 0. The second-order valence-corrected chi connectivity index (χ2v) is 5.89. The molecule has 1 aliphatic heterocycles. The Kier molecular flexibility index (Phi) is 7.14. The van der Waals surface area contributed by atoms with Gasteiger partial charge < -0.3 is 20.3 Å². The van der Waals surface area contributed by atoms with E-state index in [9.17, 15) is 14.4 Å². The normalized spacial score (nSPS) is 17.0. The average molecular weight is 313 g/mol. The Hall–Kier alpha value is -1.79. The maximum atomic E-state index is 12.3. The van der Waals surface area contributed by atoms with E-state index in [0.29, 0.717) is 32.5 Å². The highest BCUT2D eigenvalue weighted by Gasteiger charge is 2.28. The van der Waals surface area contributed by atoms with Crippen molar-refractivity contribution in [1.82, 2.24) is 15.5 Å². The molecule has 7 heteroatoms. The van der Waals surface area contributed by atoms with Crippen LogP contribution in [0, 0.1) is 5.92 Å². The number of carbonyl (C=O) groups is 3. The van der Waals surface area contributed by atoms with Crippen LogP contribution in [0.25, 0.3) is 0 Å². The smallest absolute Gasteiger partial charge is 0.409 e. The lowest BCUT2D eigenvalue weighted by atomic mass is 10.0. The van der Waals surface area contributed by atoms with Crippen molar-refractivity contribution >= 4 is 17.9 Å². The highest BCUT2D eigenvalue weighted by atomic mass is 16.6. The van der Waals surface area contributed by atoms with Gasteiger partial charge >= 0.3 is 6.09 Å². The SMILES string of the molecule is CCOC(=O)N1CCC(NC(=O)[C@@H](NC(C)=O)C(C)C)CC1. The van der Waals surface area contributed by atoms with Crippen molar-refractivity contribution < 1.29 is 19.1 Å². The highest BCUT2D eigenvalue weighted by Crippen LogP contribution is 2.12. The van der Waals surface area contributed by atoms with Gasteiger partial charge in [0.15, 0.2) is 0 Å². The van der Waals surface area contributed by atoms with Crippen molar-refractivity contribution in [3.05, 3.63) is 0 Å². The van der Waals surface area contributed by atoms with Crippen LogP contribution in [0.4, 0.5) is 4.79 Å². The van der Waals surface area contributed by atoms with Crippen LogP contribution in [0.5, 0.6) is 0 Å². The number of hydrogen-bond acceptors (Lipinski definition) is 4. The van der Waals surface area contributed by atoms with E-state index in [4.69, 9.17) is 4.74 Å². The zero-order chi connectivity index (χ0) is 16.7. The van der Waals surface area contributed by atoms with Gasteiger partial charge in [-0.1, -0.05) is 13.8 Å². The zero-order valence-corrected chi connectivity index (χ0v) is 13.8. The van der Waals surface area contributed by atoms with Crippen LogP contribution in [0.15, 0.2) is 0 Å². The van der Waals surface area contributed by atoms with Crippen LogP contribution >= 0.6 is 0 Å². The third-order valence-corrected chi connectivity index (χ3v) is 3.68. The fraction of sp³-hybridized carbons (Fsp3) is 0.800. The van der Waals surface area contributed by atoms with Gasteiger partial charge in [-0.05, 0) is 25.7 Å². The second kappa shape index (κ2) is 8.60. The van der Waals surface area contributed by atoms with E-state index in [1.807, 2.05) is 13.8 Å². The Morgan fingerprint density at radius 1 is 1.23 bits per heavy atom. The van der Waals surface area contributed by atoms with Crippen LogP contribution in [-0.2, 0) is 14.3 Å². The molecule has 0 saturated carbocycles. The number of ether oxygens (including phenoxy) is 1. The van der Waals surface area contributed by atoms with Crippen molar-refractivity contribution in [2.24, 2.45) is 5.92 Å². The van der Waals surface area contributed by atoms with Crippen molar-refractivity contribution in [3.63, 3.8) is 0 Å². The molecule has 0 bridgehead atoms. The number of carbonyl (C=O) groups excluding carboxylic acids is 3. The molecule has 0 aromatic rings. The summed E-state index contributed by atoms with van der Waals surface area (Å²) in [5, 5.41) is 5.64. The fourth-order valence-corrected chi connectivity index (χ4v) is 2.47. The average Bonchev–Trinajstić information content (AvgIpc) is 2.45. The lowest BCUT2D eigenvalue weighted by Gasteiger charge is -2.32. The lowest BCUT2D eigenvalue weighted by molar-refractivity contribution is -0.129. The van der Waals surface area contributed by atoms with E-state index in [1.165, 1.54) is 6.92 Å². The van der Waals surface area contributed by atoms with E-state index in [2.05, 4.69) is 10.6 Å². The van der Waals surface area contributed by atoms with E-state index in [1.54, 1.807) is 11.8 Å². The van der Waals surface area contributed by atoms with E-state index in [-0.39, 0.29) is 29.9 Å². The molecule has 0 aromatic carbocycles. The van der Waals surface area contributed by atoms with Crippen LogP contribution < -0.4 is 10.6 Å². The van der Waals surface area contributed by atoms with Crippen LogP contribution in [0.2, 0.25) is 0 Å². The number of likely N-dealkylation sites (tertiary alicyclic amines) is 1. The molecule has 1 rings (SSSR count). The summed E-state index contributed by atoms with van der Waals surface area (Å²) >= 11 is 0. The van der Waals surface area contributed by atoms with Gasteiger partial charge in [0.2, 0.25) is 11.8 Å². The predicted octanol–water partition coefficient (Wildman–Crippen LogP) is 0.884. The van der Waals surface area contributed by atoms with Crippen molar-refractivity contribution in [3.8, 4) is 0 Å². The summed E-state index contributed by atoms with van der Waals surface area (Å²) in [6.07, 6.45) is 1.08. The molecule has 1 heterocycles. The minimum Gasteiger partial charge on any atom is -0.450 e. The molecule has 0 aliphatic carbocycles. The lowest BCUT2D eigenvalue weighted by Crippen LogP contribution is -2.54. The van der Waals surface area contributed by atoms with Crippen molar-refractivity contribution in [2.75, 3.05) is 19.7 Å². The Balaban J connectivity index is 2.46. The van der Waals surface area contributed by atoms with E-state index in [0.717, 1.165) is 0 Å². The third kappa shape index (κ3) is 5.54. The molecule has 7 nitrogen and oxygen atoms in total. The van der Waals surface area contributed by atoms with E-state index < -0.39 is 6.04 Å². The largest absolute Gasteiger partial charge is 0.450 e. The van der Waals surface area contributed by atoms with Crippen molar-refractivity contribution in [1.29, 1.82) is 0 Å². The molecule has 0 radical (unpaired) electrons. The number of nitrogens with zero attached hydrogens (tertiary/aromatic N) is 1. The van der Waals surface area contributed by atoms with Gasteiger partial charge in [0.1, 0.15) is 6.04 Å². The standard InChI is InChI=1S/C15H27N3O4/c1-5-22-15(21)18-8-6-12(7-9-18)17-14(20)13(10(2)3)16-11(4)19/h10,12-13H,5-9H2,1-4H3,(H,16,19)(H,17,20)/t13-/m0/s1. The Morgan fingerprint density at radius 3 is 2.27 bits per heavy atom. The first-order valence-electron chi connectivity index (χ1n) is 7.84. The first kappa shape index (κ1) is 18.3. The predicted molar refractivity (Wildman–Crippen MR) is 82.2 cm³/mol. The molecule has 1 saturated heterocycles. The summed E-state index contributed by atoms with van der Waals surface area (Å²) in [5.41, 5.74) is 0. The van der Waals surface area contributed by atoms with Crippen molar-refractivity contribution in [2.45, 2.75) is 52.6 Å². The van der Waals surface area contributed by atoms with Gasteiger partial charge in [-0.25, -0.2) is 4.79 Å². The quantitative estimate of drug-likeness (QED) is 0.789. The van der Waals surface area contributed by atoms with Gasteiger partial charge in [-0.2, -0.15) is 0 Å². The number of hydrogen-bond donors (Lipinski definition) is 2. The number of rotatable bonds is 5. The van der Waals surface area contributed by atoms with Gasteiger partial charge in [0, 0.05) is 26.1 Å². The summed E-state index contributed by atoms with van der Waals surface area (Å²) in [6, 6.07) is -0.506. The minimum atomic E-state index is -0.527. The third-order valence-electron chi connectivity index (χ3n) is 3.68. The zero-order valence-electron chi connectivity index (χ0n) is 13.8. The number of piperidine rings is 1. The minimum absolute atomic E-state index is 0.0171. The Bertz CT molecular complexity index is 404. The molecule has 22 heavy (non-hydrogen) atoms. The summed E-state index contributed by atoms with van der Waals surface area (Å²) in [5.74, 6) is -0.366. The molecule has 0 aromatic heterocycles. The van der Waals surface area contributed by atoms with Gasteiger partial charge in [0.05, 0.1) is 6.61 Å². The Labute approximate surface area is 131 Å². The topological polar surface area (TPSA) is 87.7 Å². The van der Waals surface area contributed by atoms with Crippen LogP contribution in [0.3, 0.4) is 0 Å². The maximum Gasteiger partial charge on any atom is 0.409 e. The van der Waals surface area contributed by atoms with E-state index >= 15 is 0 Å². The molecular weight excluding hydrogens is 286 g/mol. The summed E-state index contributed by atoms with van der Waals surface area (Å²) in [4.78, 5) is 36.7. The summed E-state index contributed by atoms with van der Waals surface area (Å²) in [6.45, 7) is 8.46. The van der Waals surface area contributed by atoms with Crippen LogP contribution in [0.1, 0.15) is 40.5 Å². The molecule has 1 fully saturated rings. The fourth-order valence-electron chi connectivity index (χ4n) is 2.47. The van der Waals surface area contributed by atoms with Crippen LogP contribution in [-0.4, -0.2) is 54.6 Å². The first-order chi connectivity index (χ1) is 10.3. The highest BCUT2D eigenvalue weighted by molar-refractivity contribution is 5.87. The number of amides is 3. The molecule has 1 atom stereocenters. The molecule has 126 valence electrons. The first-order valence-corrected chi connectivity index (χ1v) is 7.84. The monoisotopic (exact) mass is 313 g/mol. The maximum absolute atomic E-state index is 12.3. The summed E-state index contributed by atoms with van der Waals surface area (Å²) < 4.78 is 4.96. The molecular formula is C15H27N3O4. The molecule has 3 amide bonds. The number of nitrogens with one attached hydrogen (secondary N) is 2. The Morgan fingerprint density at radius 2 is 1.82 bits per heavy atom. The molecule has 0 spiro atoms.